The first-order valence-corrected chi connectivity index (χ1v) is 7.63. The summed E-state index contributed by atoms with van der Waals surface area (Å²) in [7, 11) is -3.46. The molecule has 18 heavy (non-hydrogen) atoms. The SMILES string of the molecule is CCCN(C(C)C)S(=O)(=O)c1cccc(N)c1C. The summed E-state index contributed by atoms with van der Waals surface area (Å²) >= 11 is 0. The molecule has 1 rings (SSSR count). The Hall–Kier alpha value is -1.07. The number of nitrogen functional groups attached to an aromatic ring is 1. The summed E-state index contributed by atoms with van der Waals surface area (Å²) in [6.45, 7) is 8.00. The number of anilines is 1. The summed E-state index contributed by atoms with van der Waals surface area (Å²) in [6.07, 6.45) is 0.790. The van der Waals surface area contributed by atoms with Crippen LogP contribution in [0.25, 0.3) is 0 Å². The Kier molecular flexibility index (Phi) is 4.76. The summed E-state index contributed by atoms with van der Waals surface area (Å²) in [5.41, 5.74) is 6.92. The maximum absolute atomic E-state index is 12.6. The van der Waals surface area contributed by atoms with Crippen LogP contribution in [0.3, 0.4) is 0 Å². The lowest BCUT2D eigenvalue weighted by Crippen LogP contribution is -2.37. The van der Waals surface area contributed by atoms with Gasteiger partial charge in [0.1, 0.15) is 0 Å². The second-order valence-corrected chi connectivity index (χ2v) is 6.54. The second kappa shape index (κ2) is 5.71. The summed E-state index contributed by atoms with van der Waals surface area (Å²) in [5, 5.41) is 0. The summed E-state index contributed by atoms with van der Waals surface area (Å²) < 4.78 is 26.7. The van der Waals surface area contributed by atoms with Crippen molar-refractivity contribution in [3.63, 3.8) is 0 Å². The Labute approximate surface area is 110 Å². The molecule has 0 bridgehead atoms. The molecular formula is C13H22N2O2S. The van der Waals surface area contributed by atoms with E-state index in [2.05, 4.69) is 0 Å². The van der Waals surface area contributed by atoms with Crippen molar-refractivity contribution in [2.24, 2.45) is 0 Å². The van der Waals surface area contributed by atoms with E-state index in [1.54, 1.807) is 25.1 Å². The molecule has 0 unspecified atom stereocenters. The van der Waals surface area contributed by atoms with Crippen LogP contribution < -0.4 is 5.73 Å². The van der Waals surface area contributed by atoms with Gasteiger partial charge in [0.25, 0.3) is 0 Å². The van der Waals surface area contributed by atoms with Gasteiger partial charge in [-0.2, -0.15) is 4.31 Å². The minimum atomic E-state index is -3.46. The number of nitrogens with two attached hydrogens (primary N) is 1. The van der Waals surface area contributed by atoms with Crippen LogP contribution in [-0.4, -0.2) is 25.3 Å². The third-order valence-corrected chi connectivity index (χ3v) is 5.15. The molecule has 0 spiro atoms. The largest absolute Gasteiger partial charge is 0.398 e. The fraction of sp³-hybridized carbons (Fsp3) is 0.538. The maximum Gasteiger partial charge on any atom is 0.243 e. The molecule has 1 aromatic rings. The van der Waals surface area contributed by atoms with Gasteiger partial charge >= 0.3 is 0 Å². The van der Waals surface area contributed by atoms with E-state index >= 15 is 0 Å². The van der Waals surface area contributed by atoms with Gasteiger partial charge in [0.15, 0.2) is 0 Å². The molecule has 0 saturated carbocycles. The van der Waals surface area contributed by atoms with E-state index < -0.39 is 10.0 Å². The van der Waals surface area contributed by atoms with Gasteiger partial charge in [-0.05, 0) is 44.9 Å². The quantitative estimate of drug-likeness (QED) is 0.836. The highest BCUT2D eigenvalue weighted by Gasteiger charge is 2.27. The summed E-state index contributed by atoms with van der Waals surface area (Å²) in [6, 6.07) is 4.95. The number of hydrogen-bond acceptors (Lipinski definition) is 3. The third kappa shape index (κ3) is 2.84. The highest BCUT2D eigenvalue weighted by atomic mass is 32.2. The number of sulfonamides is 1. The number of rotatable bonds is 5. The topological polar surface area (TPSA) is 63.4 Å². The average molecular weight is 270 g/mol. The lowest BCUT2D eigenvalue weighted by atomic mass is 10.2. The predicted molar refractivity (Wildman–Crippen MR) is 74.9 cm³/mol. The first-order chi connectivity index (χ1) is 8.32. The van der Waals surface area contributed by atoms with Gasteiger partial charge in [0.2, 0.25) is 10.0 Å². The van der Waals surface area contributed by atoms with E-state index in [4.69, 9.17) is 5.73 Å². The summed E-state index contributed by atoms with van der Waals surface area (Å²) in [4.78, 5) is 0.310. The lowest BCUT2D eigenvalue weighted by molar-refractivity contribution is 0.354. The van der Waals surface area contributed by atoms with E-state index in [1.165, 1.54) is 4.31 Å². The lowest BCUT2D eigenvalue weighted by Gasteiger charge is -2.26. The zero-order valence-corrected chi connectivity index (χ0v) is 12.3. The zero-order valence-electron chi connectivity index (χ0n) is 11.5. The van der Waals surface area contributed by atoms with Gasteiger partial charge in [-0.1, -0.05) is 13.0 Å². The van der Waals surface area contributed by atoms with Crippen molar-refractivity contribution < 1.29 is 8.42 Å². The van der Waals surface area contributed by atoms with Crippen molar-refractivity contribution >= 4 is 15.7 Å². The molecule has 0 fully saturated rings. The van der Waals surface area contributed by atoms with Crippen molar-refractivity contribution in [1.82, 2.24) is 4.31 Å². The molecule has 2 N–H and O–H groups in total. The molecule has 0 radical (unpaired) electrons. The van der Waals surface area contributed by atoms with Gasteiger partial charge in [-0.3, -0.25) is 0 Å². The normalized spacial score (nSPS) is 12.3. The number of benzene rings is 1. The molecule has 102 valence electrons. The Morgan fingerprint density at radius 1 is 1.33 bits per heavy atom. The van der Waals surface area contributed by atoms with Gasteiger partial charge < -0.3 is 5.73 Å². The predicted octanol–water partition coefficient (Wildman–Crippen LogP) is 2.39. The fourth-order valence-electron chi connectivity index (χ4n) is 1.91. The minimum absolute atomic E-state index is 0.0595. The van der Waals surface area contributed by atoms with Crippen molar-refractivity contribution in [3.05, 3.63) is 23.8 Å². The van der Waals surface area contributed by atoms with Crippen molar-refractivity contribution in [1.29, 1.82) is 0 Å². The standard InChI is InChI=1S/C13H22N2O2S/c1-5-9-15(10(2)3)18(16,17)13-8-6-7-12(14)11(13)4/h6-8,10H,5,9,14H2,1-4H3. The molecule has 5 heteroatoms. The van der Waals surface area contributed by atoms with E-state index in [9.17, 15) is 8.42 Å². The highest BCUT2D eigenvalue weighted by Crippen LogP contribution is 2.25. The van der Waals surface area contributed by atoms with Gasteiger partial charge in [0.05, 0.1) is 4.90 Å². The molecule has 0 aliphatic heterocycles. The van der Waals surface area contributed by atoms with Gasteiger partial charge in [-0.15, -0.1) is 0 Å². The number of nitrogens with zero attached hydrogens (tertiary/aromatic N) is 1. The van der Waals surface area contributed by atoms with Crippen molar-refractivity contribution in [2.45, 2.75) is 45.1 Å². The van der Waals surface area contributed by atoms with E-state index in [1.807, 2.05) is 20.8 Å². The fourth-order valence-corrected chi connectivity index (χ4v) is 3.90. The van der Waals surface area contributed by atoms with Crippen LogP contribution in [0.1, 0.15) is 32.8 Å². The molecule has 0 atom stereocenters. The van der Waals surface area contributed by atoms with E-state index in [0.29, 0.717) is 22.7 Å². The molecule has 0 aliphatic carbocycles. The monoisotopic (exact) mass is 270 g/mol. The summed E-state index contributed by atoms with van der Waals surface area (Å²) in [5.74, 6) is 0. The maximum atomic E-state index is 12.6. The van der Waals surface area contributed by atoms with Crippen LogP contribution in [0, 0.1) is 6.92 Å². The van der Waals surface area contributed by atoms with Crippen molar-refractivity contribution in [2.75, 3.05) is 12.3 Å². The van der Waals surface area contributed by atoms with Crippen molar-refractivity contribution in [3.8, 4) is 0 Å². The molecule has 0 aromatic heterocycles. The second-order valence-electron chi connectivity index (χ2n) is 4.68. The Bertz CT molecular complexity index is 510. The van der Waals surface area contributed by atoms with Gasteiger partial charge in [0, 0.05) is 18.3 Å². The molecule has 0 heterocycles. The smallest absolute Gasteiger partial charge is 0.243 e. The van der Waals surface area contributed by atoms with Crippen LogP contribution in [0.5, 0.6) is 0 Å². The minimum Gasteiger partial charge on any atom is -0.398 e. The third-order valence-electron chi connectivity index (χ3n) is 2.93. The van der Waals surface area contributed by atoms with Crippen LogP contribution in [0.2, 0.25) is 0 Å². The average Bonchev–Trinajstić information content (AvgIpc) is 2.28. The van der Waals surface area contributed by atoms with Crippen LogP contribution in [-0.2, 0) is 10.0 Å². The van der Waals surface area contributed by atoms with Gasteiger partial charge in [-0.25, -0.2) is 8.42 Å². The Balaban J connectivity index is 3.31. The highest BCUT2D eigenvalue weighted by molar-refractivity contribution is 7.89. The van der Waals surface area contributed by atoms with Crippen LogP contribution in [0.15, 0.2) is 23.1 Å². The first kappa shape index (κ1) is 15.0. The molecular weight excluding hydrogens is 248 g/mol. The van der Waals surface area contributed by atoms with E-state index in [-0.39, 0.29) is 6.04 Å². The van der Waals surface area contributed by atoms with Crippen LogP contribution >= 0.6 is 0 Å². The Morgan fingerprint density at radius 3 is 2.44 bits per heavy atom. The van der Waals surface area contributed by atoms with E-state index in [0.717, 1.165) is 6.42 Å². The molecule has 0 saturated heterocycles. The zero-order chi connectivity index (χ0) is 13.9. The molecule has 1 aromatic carbocycles. The Morgan fingerprint density at radius 2 is 1.94 bits per heavy atom. The molecule has 4 nitrogen and oxygen atoms in total. The first-order valence-electron chi connectivity index (χ1n) is 6.19. The molecule has 0 amide bonds. The molecule has 0 aliphatic rings. The number of hydrogen-bond donors (Lipinski definition) is 1. The van der Waals surface area contributed by atoms with Crippen LogP contribution in [0.4, 0.5) is 5.69 Å².